The second-order valence-electron chi connectivity index (χ2n) is 5.35. The van der Waals surface area contributed by atoms with E-state index in [-0.39, 0.29) is 6.42 Å². The van der Waals surface area contributed by atoms with E-state index >= 15 is 0 Å². The number of primary amides is 1. The summed E-state index contributed by atoms with van der Waals surface area (Å²) in [6.07, 6.45) is 4.95. The standard InChI is InChI=1S/C15H19N3O2S/c1-2-3-9-4-5-10-11(8-9)21-15(13(10)14(17)20)18-12(19)6-7-16/h9H,2-6,8H2,1H3,(H2,17,20)(H,18,19). The number of hydrogen-bond donors (Lipinski definition) is 2. The van der Waals surface area contributed by atoms with Crippen molar-refractivity contribution in [1.29, 1.82) is 5.26 Å². The number of hydrogen-bond acceptors (Lipinski definition) is 4. The molecule has 0 spiro atoms. The molecule has 0 fully saturated rings. The molecule has 0 aromatic carbocycles. The summed E-state index contributed by atoms with van der Waals surface area (Å²) in [5, 5.41) is 11.7. The van der Waals surface area contributed by atoms with Gasteiger partial charge in [0.05, 0.1) is 11.6 Å². The van der Waals surface area contributed by atoms with Crippen molar-refractivity contribution >= 4 is 28.2 Å². The van der Waals surface area contributed by atoms with Crippen LogP contribution in [0.2, 0.25) is 0 Å². The molecular formula is C15H19N3O2S. The second-order valence-corrected chi connectivity index (χ2v) is 6.46. The quantitative estimate of drug-likeness (QED) is 0.875. The molecule has 0 saturated heterocycles. The Morgan fingerprint density at radius 1 is 1.52 bits per heavy atom. The summed E-state index contributed by atoms with van der Waals surface area (Å²) in [5.41, 5.74) is 6.91. The molecule has 1 heterocycles. The van der Waals surface area contributed by atoms with Crippen LogP contribution >= 0.6 is 11.3 Å². The number of nitrogens with zero attached hydrogens (tertiary/aromatic N) is 1. The van der Waals surface area contributed by atoms with Crippen LogP contribution in [0.15, 0.2) is 0 Å². The maximum atomic E-state index is 11.7. The Morgan fingerprint density at radius 2 is 2.29 bits per heavy atom. The van der Waals surface area contributed by atoms with Crippen molar-refractivity contribution in [3.05, 3.63) is 16.0 Å². The predicted octanol–water partition coefficient (Wildman–Crippen LogP) is 2.60. The van der Waals surface area contributed by atoms with Gasteiger partial charge in [-0.2, -0.15) is 5.26 Å². The van der Waals surface area contributed by atoms with Crippen LogP contribution in [0, 0.1) is 17.2 Å². The normalized spacial score (nSPS) is 16.9. The maximum Gasteiger partial charge on any atom is 0.251 e. The number of amides is 2. The number of nitriles is 1. The first kappa shape index (κ1) is 15.5. The predicted molar refractivity (Wildman–Crippen MR) is 82.1 cm³/mol. The van der Waals surface area contributed by atoms with Gasteiger partial charge in [-0.05, 0) is 30.7 Å². The third-order valence-electron chi connectivity index (χ3n) is 3.80. The summed E-state index contributed by atoms with van der Waals surface area (Å²) in [6.45, 7) is 2.17. The van der Waals surface area contributed by atoms with Crippen LogP contribution in [0.25, 0.3) is 0 Å². The van der Waals surface area contributed by atoms with Crippen LogP contribution in [-0.4, -0.2) is 11.8 Å². The molecule has 1 aliphatic carbocycles. The molecule has 0 radical (unpaired) electrons. The fourth-order valence-corrected chi connectivity index (χ4v) is 4.28. The molecule has 0 bridgehead atoms. The average Bonchev–Trinajstić information content (AvgIpc) is 2.76. The number of fused-ring (bicyclic) bond motifs is 1. The number of nitrogens with two attached hydrogens (primary N) is 1. The van der Waals surface area contributed by atoms with Gasteiger partial charge in [-0.15, -0.1) is 11.3 Å². The third kappa shape index (κ3) is 3.42. The molecule has 1 aromatic rings. The number of anilines is 1. The van der Waals surface area contributed by atoms with E-state index in [9.17, 15) is 9.59 Å². The molecule has 6 heteroatoms. The highest BCUT2D eigenvalue weighted by molar-refractivity contribution is 7.17. The average molecular weight is 305 g/mol. The van der Waals surface area contributed by atoms with Crippen LogP contribution in [-0.2, 0) is 17.6 Å². The van der Waals surface area contributed by atoms with Crippen LogP contribution in [0.5, 0.6) is 0 Å². The first-order chi connectivity index (χ1) is 10.1. The van der Waals surface area contributed by atoms with Crippen molar-refractivity contribution < 1.29 is 9.59 Å². The fraction of sp³-hybridized carbons (Fsp3) is 0.533. The van der Waals surface area contributed by atoms with Crippen LogP contribution in [0.4, 0.5) is 5.00 Å². The van der Waals surface area contributed by atoms with Gasteiger partial charge in [-0.25, -0.2) is 0 Å². The number of nitrogens with one attached hydrogen (secondary N) is 1. The molecule has 1 aromatic heterocycles. The lowest BCUT2D eigenvalue weighted by atomic mass is 9.84. The van der Waals surface area contributed by atoms with Crippen molar-refractivity contribution in [1.82, 2.24) is 0 Å². The molecule has 0 saturated carbocycles. The van der Waals surface area contributed by atoms with Gasteiger partial charge >= 0.3 is 0 Å². The van der Waals surface area contributed by atoms with Crippen LogP contribution < -0.4 is 11.1 Å². The summed E-state index contributed by atoms with van der Waals surface area (Å²) in [4.78, 5) is 24.5. The first-order valence-electron chi connectivity index (χ1n) is 7.17. The summed E-state index contributed by atoms with van der Waals surface area (Å²) >= 11 is 1.43. The minimum absolute atomic E-state index is 0.223. The lowest BCUT2D eigenvalue weighted by Crippen LogP contribution is -2.19. The van der Waals surface area contributed by atoms with E-state index in [0.717, 1.165) is 36.1 Å². The molecule has 5 nitrogen and oxygen atoms in total. The van der Waals surface area contributed by atoms with E-state index in [1.165, 1.54) is 17.8 Å². The van der Waals surface area contributed by atoms with Gasteiger partial charge in [0.2, 0.25) is 5.91 Å². The summed E-state index contributed by atoms with van der Waals surface area (Å²) in [5.74, 6) is -0.262. The van der Waals surface area contributed by atoms with Gasteiger partial charge in [0.25, 0.3) is 5.91 Å². The Morgan fingerprint density at radius 3 is 2.90 bits per heavy atom. The van der Waals surface area contributed by atoms with Gasteiger partial charge in [0.1, 0.15) is 11.4 Å². The van der Waals surface area contributed by atoms with Crippen LogP contribution in [0.1, 0.15) is 53.4 Å². The topological polar surface area (TPSA) is 96.0 Å². The van der Waals surface area contributed by atoms with E-state index < -0.39 is 11.8 Å². The van der Waals surface area contributed by atoms with Crippen molar-refractivity contribution in [2.75, 3.05) is 5.32 Å². The molecule has 1 aliphatic rings. The van der Waals surface area contributed by atoms with Gasteiger partial charge < -0.3 is 11.1 Å². The lowest BCUT2D eigenvalue weighted by molar-refractivity contribution is -0.115. The Balaban J connectivity index is 2.28. The fourth-order valence-electron chi connectivity index (χ4n) is 2.90. The Labute approximate surface area is 128 Å². The minimum atomic E-state index is -0.506. The molecule has 112 valence electrons. The van der Waals surface area contributed by atoms with Gasteiger partial charge in [0, 0.05) is 4.88 Å². The number of carbonyl (C=O) groups excluding carboxylic acids is 2. The van der Waals surface area contributed by atoms with Crippen molar-refractivity contribution in [3.63, 3.8) is 0 Å². The smallest absolute Gasteiger partial charge is 0.251 e. The van der Waals surface area contributed by atoms with Crippen molar-refractivity contribution in [3.8, 4) is 6.07 Å². The molecule has 21 heavy (non-hydrogen) atoms. The van der Waals surface area contributed by atoms with Gasteiger partial charge in [0.15, 0.2) is 0 Å². The van der Waals surface area contributed by atoms with E-state index in [2.05, 4.69) is 12.2 Å². The Kier molecular flexibility index (Phi) is 4.97. The molecule has 1 atom stereocenters. The van der Waals surface area contributed by atoms with Crippen LogP contribution in [0.3, 0.4) is 0 Å². The Bertz CT molecular complexity index is 601. The van der Waals surface area contributed by atoms with E-state index in [1.54, 1.807) is 6.07 Å². The lowest BCUT2D eigenvalue weighted by Gasteiger charge is -2.21. The maximum absolute atomic E-state index is 11.7. The molecule has 1 unspecified atom stereocenters. The summed E-state index contributed by atoms with van der Waals surface area (Å²) < 4.78 is 0. The largest absolute Gasteiger partial charge is 0.365 e. The van der Waals surface area contributed by atoms with E-state index in [1.807, 2.05) is 0 Å². The molecular weight excluding hydrogens is 286 g/mol. The summed E-state index contributed by atoms with van der Waals surface area (Å²) in [7, 11) is 0. The highest BCUT2D eigenvalue weighted by Gasteiger charge is 2.28. The molecule has 0 aliphatic heterocycles. The van der Waals surface area contributed by atoms with Crippen molar-refractivity contribution in [2.45, 2.75) is 45.4 Å². The number of thiophene rings is 1. The van der Waals surface area contributed by atoms with E-state index in [0.29, 0.717) is 16.5 Å². The van der Waals surface area contributed by atoms with Gasteiger partial charge in [-0.3, -0.25) is 9.59 Å². The minimum Gasteiger partial charge on any atom is -0.365 e. The highest BCUT2D eigenvalue weighted by atomic mass is 32.1. The van der Waals surface area contributed by atoms with Gasteiger partial charge in [-0.1, -0.05) is 19.8 Å². The number of carbonyl (C=O) groups is 2. The number of rotatable bonds is 5. The Hall–Kier alpha value is -1.87. The second kappa shape index (κ2) is 6.72. The zero-order valence-corrected chi connectivity index (χ0v) is 12.9. The SMILES string of the molecule is CCCC1CCc2c(sc(NC(=O)CC#N)c2C(N)=O)C1. The highest BCUT2D eigenvalue weighted by Crippen LogP contribution is 2.40. The van der Waals surface area contributed by atoms with E-state index in [4.69, 9.17) is 11.0 Å². The monoisotopic (exact) mass is 305 g/mol. The molecule has 2 rings (SSSR count). The zero-order valence-electron chi connectivity index (χ0n) is 12.1. The zero-order chi connectivity index (χ0) is 15.4. The molecule has 2 amide bonds. The first-order valence-corrected chi connectivity index (χ1v) is 7.99. The summed E-state index contributed by atoms with van der Waals surface area (Å²) in [6, 6.07) is 1.80. The molecule has 3 N–H and O–H groups in total. The third-order valence-corrected chi connectivity index (χ3v) is 4.97. The van der Waals surface area contributed by atoms with Crippen molar-refractivity contribution in [2.24, 2.45) is 11.7 Å².